The van der Waals surface area contributed by atoms with Gasteiger partial charge in [0, 0.05) is 0 Å². The minimum atomic E-state index is -3.34. The smallest absolute Gasteiger partial charge is 0.337 e. The molecule has 0 fully saturated rings. The summed E-state index contributed by atoms with van der Waals surface area (Å²) in [5, 5.41) is 62.9. The fourth-order valence-electron chi connectivity index (χ4n) is 1.51. The van der Waals surface area contributed by atoms with Crippen molar-refractivity contribution in [2.75, 3.05) is 6.61 Å². The molecule has 0 aliphatic carbocycles. The molecule has 0 radical (unpaired) electrons. The second kappa shape index (κ2) is 6.43. The van der Waals surface area contributed by atoms with E-state index in [0.717, 1.165) is 0 Å². The molecule has 4 atom stereocenters. The zero-order valence-electron chi connectivity index (χ0n) is 9.50. The summed E-state index contributed by atoms with van der Waals surface area (Å²) in [4.78, 5) is 32.3. The zero-order chi connectivity index (χ0) is 15.4. The predicted octanol–water partition coefficient (Wildman–Crippen LogP) is -3.31. The first kappa shape index (κ1) is 17.2. The summed E-state index contributed by atoms with van der Waals surface area (Å²) in [6.07, 6.45) is -5.93. The fraction of sp³-hybridized carbons (Fsp3) is 0.667. The van der Waals surface area contributed by atoms with E-state index in [9.17, 15) is 24.6 Å². The molecule has 7 N–H and O–H groups in total. The van der Waals surface area contributed by atoms with E-state index in [1.165, 1.54) is 0 Å². The summed E-state index contributed by atoms with van der Waals surface area (Å²) >= 11 is 0. The van der Waals surface area contributed by atoms with E-state index in [-0.39, 0.29) is 0 Å². The Bertz CT molecular complexity index is 366. The summed E-state index contributed by atoms with van der Waals surface area (Å²) < 4.78 is 0. The van der Waals surface area contributed by atoms with Crippen LogP contribution in [-0.4, -0.2) is 78.1 Å². The molecule has 0 amide bonds. The van der Waals surface area contributed by atoms with Crippen molar-refractivity contribution in [2.45, 2.75) is 24.2 Å². The highest BCUT2D eigenvalue weighted by Gasteiger charge is 2.54. The Balaban J connectivity index is 5.60. The third-order valence-corrected chi connectivity index (χ3v) is 2.49. The molecule has 0 aliphatic rings. The number of aliphatic carboxylic acids is 3. The Morgan fingerprint density at radius 3 is 1.79 bits per heavy atom. The third-order valence-electron chi connectivity index (χ3n) is 2.49. The SMILES string of the molecule is O=C(O)CC(O)(C(=O)O)C(C(=O)O)C(O)C(O)CO. The highest BCUT2D eigenvalue weighted by atomic mass is 16.4. The first-order valence-electron chi connectivity index (χ1n) is 4.95. The van der Waals surface area contributed by atoms with Crippen LogP contribution in [-0.2, 0) is 14.4 Å². The molecule has 0 rings (SSSR count). The Kier molecular flexibility index (Phi) is 5.83. The maximum atomic E-state index is 10.9. The highest BCUT2D eigenvalue weighted by Crippen LogP contribution is 2.27. The largest absolute Gasteiger partial charge is 0.481 e. The number of carbonyl (C=O) groups is 3. The van der Waals surface area contributed by atoms with Gasteiger partial charge in [0.15, 0.2) is 5.60 Å². The number of aliphatic hydroxyl groups excluding tert-OH is 3. The first-order chi connectivity index (χ1) is 8.57. The normalized spacial score (nSPS) is 18.9. The average Bonchev–Trinajstić information content (AvgIpc) is 2.25. The quantitative estimate of drug-likeness (QED) is 0.237. The van der Waals surface area contributed by atoms with E-state index in [1.54, 1.807) is 0 Å². The molecular formula is C9H14O10. The minimum Gasteiger partial charge on any atom is -0.481 e. The van der Waals surface area contributed by atoms with Crippen LogP contribution in [0.3, 0.4) is 0 Å². The molecule has 4 unspecified atom stereocenters. The third kappa shape index (κ3) is 3.86. The van der Waals surface area contributed by atoms with E-state index in [1.807, 2.05) is 0 Å². The van der Waals surface area contributed by atoms with Crippen LogP contribution in [0.15, 0.2) is 0 Å². The van der Waals surface area contributed by atoms with Gasteiger partial charge in [-0.05, 0) is 0 Å². The van der Waals surface area contributed by atoms with Crippen molar-refractivity contribution in [2.24, 2.45) is 5.92 Å². The lowest BCUT2D eigenvalue weighted by Crippen LogP contribution is -2.58. The maximum absolute atomic E-state index is 10.9. The van der Waals surface area contributed by atoms with Gasteiger partial charge in [-0.1, -0.05) is 0 Å². The molecule has 0 bridgehead atoms. The van der Waals surface area contributed by atoms with Crippen LogP contribution < -0.4 is 0 Å². The van der Waals surface area contributed by atoms with Gasteiger partial charge < -0.3 is 35.7 Å². The summed E-state index contributed by atoms with van der Waals surface area (Å²) in [5.74, 6) is -8.58. The average molecular weight is 282 g/mol. The molecule has 10 nitrogen and oxygen atoms in total. The molecule has 0 spiro atoms. The lowest BCUT2D eigenvalue weighted by molar-refractivity contribution is -0.192. The number of carboxylic acids is 3. The molecule has 0 aromatic carbocycles. The van der Waals surface area contributed by atoms with Gasteiger partial charge >= 0.3 is 17.9 Å². The summed E-state index contributed by atoms with van der Waals surface area (Å²) in [7, 11) is 0. The van der Waals surface area contributed by atoms with Gasteiger partial charge in [0.05, 0.1) is 19.1 Å². The Morgan fingerprint density at radius 2 is 1.53 bits per heavy atom. The van der Waals surface area contributed by atoms with Crippen LogP contribution in [0, 0.1) is 5.92 Å². The van der Waals surface area contributed by atoms with Crippen molar-refractivity contribution in [1.82, 2.24) is 0 Å². The molecule has 19 heavy (non-hydrogen) atoms. The molecule has 0 saturated heterocycles. The van der Waals surface area contributed by atoms with Crippen molar-refractivity contribution in [3.63, 3.8) is 0 Å². The molecule has 0 aliphatic heterocycles. The van der Waals surface area contributed by atoms with Crippen molar-refractivity contribution in [3.8, 4) is 0 Å². The zero-order valence-corrected chi connectivity index (χ0v) is 9.50. The van der Waals surface area contributed by atoms with Crippen LogP contribution in [0.5, 0.6) is 0 Å². The fourth-order valence-corrected chi connectivity index (χ4v) is 1.51. The van der Waals surface area contributed by atoms with E-state index >= 15 is 0 Å². The number of carboxylic acid groups (broad SMARTS) is 3. The summed E-state index contributed by atoms with van der Waals surface area (Å²) in [6, 6.07) is 0. The Labute approximate surface area is 106 Å². The topological polar surface area (TPSA) is 193 Å². The van der Waals surface area contributed by atoms with Gasteiger partial charge in [-0.25, -0.2) is 4.79 Å². The Morgan fingerprint density at radius 1 is 1.05 bits per heavy atom. The summed E-state index contributed by atoms with van der Waals surface area (Å²) in [6.45, 7) is -1.10. The number of rotatable bonds is 8. The van der Waals surface area contributed by atoms with Crippen molar-refractivity contribution < 1.29 is 50.1 Å². The molecule has 0 aromatic heterocycles. The van der Waals surface area contributed by atoms with Gasteiger partial charge in [0.1, 0.15) is 12.0 Å². The second-order valence-electron chi connectivity index (χ2n) is 3.86. The highest BCUT2D eigenvalue weighted by molar-refractivity contribution is 5.90. The van der Waals surface area contributed by atoms with E-state index in [4.69, 9.17) is 25.5 Å². The van der Waals surface area contributed by atoms with Crippen LogP contribution in [0.2, 0.25) is 0 Å². The van der Waals surface area contributed by atoms with Gasteiger partial charge in [-0.2, -0.15) is 0 Å². The Hall–Kier alpha value is -1.75. The second-order valence-corrected chi connectivity index (χ2v) is 3.86. The van der Waals surface area contributed by atoms with E-state index < -0.39 is 54.7 Å². The molecule has 0 saturated carbocycles. The number of aliphatic hydroxyl groups is 4. The van der Waals surface area contributed by atoms with Crippen molar-refractivity contribution in [1.29, 1.82) is 0 Å². The minimum absolute atomic E-state index is 1.10. The lowest BCUT2D eigenvalue weighted by atomic mass is 9.79. The number of hydrogen-bond donors (Lipinski definition) is 7. The molecule has 10 heteroatoms. The van der Waals surface area contributed by atoms with Gasteiger partial charge in [-0.15, -0.1) is 0 Å². The number of hydrogen-bond acceptors (Lipinski definition) is 7. The molecule has 110 valence electrons. The first-order valence-corrected chi connectivity index (χ1v) is 4.95. The maximum Gasteiger partial charge on any atom is 0.337 e. The molecule has 0 aromatic rings. The van der Waals surface area contributed by atoms with Crippen LogP contribution >= 0.6 is 0 Å². The van der Waals surface area contributed by atoms with Crippen LogP contribution in [0.25, 0.3) is 0 Å². The van der Waals surface area contributed by atoms with Crippen molar-refractivity contribution >= 4 is 17.9 Å². The molecular weight excluding hydrogens is 268 g/mol. The van der Waals surface area contributed by atoms with Crippen molar-refractivity contribution in [3.05, 3.63) is 0 Å². The predicted molar refractivity (Wildman–Crippen MR) is 55.1 cm³/mol. The molecule has 0 heterocycles. The van der Waals surface area contributed by atoms with Gasteiger partial charge in [0.2, 0.25) is 0 Å². The monoisotopic (exact) mass is 282 g/mol. The van der Waals surface area contributed by atoms with Gasteiger partial charge in [-0.3, -0.25) is 9.59 Å². The van der Waals surface area contributed by atoms with E-state index in [2.05, 4.69) is 0 Å². The van der Waals surface area contributed by atoms with Gasteiger partial charge in [0.25, 0.3) is 0 Å². The summed E-state index contributed by atoms with van der Waals surface area (Å²) in [5.41, 5.74) is -3.34. The van der Waals surface area contributed by atoms with Crippen LogP contribution in [0.1, 0.15) is 6.42 Å². The van der Waals surface area contributed by atoms with E-state index in [0.29, 0.717) is 0 Å². The lowest BCUT2D eigenvalue weighted by Gasteiger charge is -2.32. The standard InChI is InChI=1S/C9H14O10/c10-2-3(11)6(14)5(7(15)16)9(19,8(17)18)1-4(12)13/h3,5-6,10-11,14,19H,1-2H2,(H,12,13)(H,15,16)(H,17,18). The van der Waals surface area contributed by atoms with Crippen LogP contribution in [0.4, 0.5) is 0 Å².